The normalized spacial score (nSPS) is 10.6. The summed E-state index contributed by atoms with van der Waals surface area (Å²) >= 11 is 5.93. The second-order valence-corrected chi connectivity index (χ2v) is 4.18. The second-order valence-electron chi connectivity index (χ2n) is 3.74. The van der Waals surface area contributed by atoms with Gasteiger partial charge in [0, 0.05) is 24.7 Å². The van der Waals surface area contributed by atoms with Crippen LogP contribution in [0.15, 0.2) is 30.5 Å². The molecule has 2 aromatic rings. The third-order valence-corrected chi connectivity index (χ3v) is 2.61. The first-order chi connectivity index (χ1) is 7.15. The molecule has 0 bridgehead atoms. The maximum absolute atomic E-state index is 5.93. The third-order valence-electron chi connectivity index (χ3n) is 2.37. The zero-order valence-corrected chi connectivity index (χ0v) is 9.62. The van der Waals surface area contributed by atoms with E-state index < -0.39 is 0 Å². The van der Waals surface area contributed by atoms with Crippen LogP contribution in [0.4, 0.5) is 0 Å². The first-order valence-corrected chi connectivity index (χ1v) is 5.26. The first kappa shape index (κ1) is 10.2. The quantitative estimate of drug-likeness (QED) is 0.761. The van der Waals surface area contributed by atoms with Gasteiger partial charge in [-0.15, -0.1) is 0 Å². The van der Waals surface area contributed by atoms with Crippen molar-refractivity contribution in [1.82, 2.24) is 9.78 Å². The summed E-state index contributed by atoms with van der Waals surface area (Å²) in [5.74, 6) is 0. The minimum absolute atomic E-state index is 0.779. The summed E-state index contributed by atoms with van der Waals surface area (Å²) in [6.07, 6.45) is 2.87. The van der Waals surface area contributed by atoms with E-state index in [-0.39, 0.29) is 0 Å². The summed E-state index contributed by atoms with van der Waals surface area (Å²) in [7, 11) is 1.94. The van der Waals surface area contributed by atoms with E-state index in [0.717, 1.165) is 17.1 Å². The van der Waals surface area contributed by atoms with Gasteiger partial charge in [-0.2, -0.15) is 5.10 Å². The molecule has 0 fully saturated rings. The molecule has 0 atom stereocenters. The van der Waals surface area contributed by atoms with Gasteiger partial charge in [-0.25, -0.2) is 0 Å². The summed E-state index contributed by atoms with van der Waals surface area (Å²) in [6.45, 7) is 2.08. The Kier molecular flexibility index (Phi) is 2.78. The van der Waals surface area contributed by atoms with Crippen molar-refractivity contribution in [3.63, 3.8) is 0 Å². The monoisotopic (exact) mass is 220 g/mol. The molecule has 0 saturated heterocycles. The molecule has 0 spiro atoms. The third kappa shape index (κ3) is 2.39. The lowest BCUT2D eigenvalue weighted by Crippen LogP contribution is -1.93. The van der Waals surface area contributed by atoms with Gasteiger partial charge in [0.1, 0.15) is 0 Å². The molecule has 0 radical (unpaired) electrons. The van der Waals surface area contributed by atoms with Crippen molar-refractivity contribution >= 4 is 11.6 Å². The highest BCUT2D eigenvalue weighted by molar-refractivity contribution is 6.30. The number of aromatic nitrogens is 2. The summed E-state index contributed by atoms with van der Waals surface area (Å²) in [4.78, 5) is 0. The van der Waals surface area contributed by atoms with E-state index in [1.807, 2.05) is 36.1 Å². The summed E-state index contributed by atoms with van der Waals surface area (Å²) in [5.41, 5.74) is 3.53. The molecule has 2 nitrogen and oxygen atoms in total. The van der Waals surface area contributed by atoms with Gasteiger partial charge in [0.2, 0.25) is 0 Å². The van der Waals surface area contributed by atoms with Crippen LogP contribution in [0.3, 0.4) is 0 Å². The average Bonchev–Trinajstić information content (AvgIpc) is 2.45. The maximum Gasteiger partial charge on any atom is 0.0697 e. The van der Waals surface area contributed by atoms with Crippen LogP contribution in [0, 0.1) is 6.92 Å². The molecular formula is C12H13ClN2. The van der Waals surface area contributed by atoms with Crippen LogP contribution >= 0.6 is 11.6 Å². The lowest BCUT2D eigenvalue weighted by Gasteiger charge is -2.00. The Balaban J connectivity index is 2.25. The molecule has 1 aromatic carbocycles. The van der Waals surface area contributed by atoms with Gasteiger partial charge < -0.3 is 0 Å². The number of halogens is 1. The van der Waals surface area contributed by atoms with Crippen LogP contribution < -0.4 is 0 Å². The van der Waals surface area contributed by atoms with Gasteiger partial charge in [-0.3, -0.25) is 4.68 Å². The molecule has 0 amide bonds. The first-order valence-electron chi connectivity index (χ1n) is 4.89. The second kappa shape index (κ2) is 4.07. The predicted octanol–water partition coefficient (Wildman–Crippen LogP) is 2.97. The van der Waals surface area contributed by atoms with Crippen molar-refractivity contribution in [3.8, 4) is 0 Å². The molecule has 0 aliphatic carbocycles. The zero-order valence-electron chi connectivity index (χ0n) is 8.87. The van der Waals surface area contributed by atoms with Gasteiger partial charge in [0.05, 0.1) is 5.69 Å². The minimum Gasteiger partial charge on any atom is -0.275 e. The number of nitrogens with zero attached hydrogens (tertiary/aromatic N) is 2. The van der Waals surface area contributed by atoms with Crippen molar-refractivity contribution in [2.45, 2.75) is 13.3 Å². The standard InChI is InChI=1S/C12H13ClN2/c1-9-8-15(2)14-12(9)7-10-4-3-5-11(13)6-10/h3-6,8H,7H2,1-2H3. The Labute approximate surface area is 94.5 Å². The fourth-order valence-electron chi connectivity index (χ4n) is 1.67. The molecule has 0 saturated carbocycles. The van der Waals surface area contributed by atoms with Crippen molar-refractivity contribution in [3.05, 3.63) is 52.3 Å². The molecule has 0 aliphatic heterocycles. The molecule has 2 rings (SSSR count). The zero-order chi connectivity index (χ0) is 10.8. The molecule has 0 aliphatic rings. The maximum atomic E-state index is 5.93. The predicted molar refractivity (Wildman–Crippen MR) is 62.2 cm³/mol. The van der Waals surface area contributed by atoms with Gasteiger partial charge in [-0.1, -0.05) is 23.7 Å². The fraction of sp³-hybridized carbons (Fsp3) is 0.250. The topological polar surface area (TPSA) is 17.8 Å². The largest absolute Gasteiger partial charge is 0.275 e. The van der Waals surface area contributed by atoms with Gasteiger partial charge in [0.15, 0.2) is 0 Å². The molecular weight excluding hydrogens is 208 g/mol. The SMILES string of the molecule is Cc1cn(C)nc1Cc1cccc(Cl)c1. The van der Waals surface area contributed by atoms with Crippen LogP contribution in [-0.2, 0) is 13.5 Å². The van der Waals surface area contributed by atoms with Gasteiger partial charge in [0.25, 0.3) is 0 Å². The van der Waals surface area contributed by atoms with E-state index >= 15 is 0 Å². The van der Waals surface area contributed by atoms with E-state index in [1.54, 1.807) is 0 Å². The molecule has 15 heavy (non-hydrogen) atoms. The average molecular weight is 221 g/mol. The lowest BCUT2D eigenvalue weighted by molar-refractivity contribution is 0.749. The number of benzene rings is 1. The number of rotatable bonds is 2. The van der Waals surface area contributed by atoms with Gasteiger partial charge in [-0.05, 0) is 30.2 Å². The van der Waals surface area contributed by atoms with E-state index in [1.165, 1.54) is 11.1 Å². The molecule has 78 valence electrons. The van der Waals surface area contributed by atoms with Crippen LogP contribution in [0.2, 0.25) is 5.02 Å². The van der Waals surface area contributed by atoms with Crippen LogP contribution in [-0.4, -0.2) is 9.78 Å². The van der Waals surface area contributed by atoms with Crippen molar-refractivity contribution in [2.75, 3.05) is 0 Å². The molecule has 3 heteroatoms. The Bertz CT molecular complexity index is 474. The van der Waals surface area contributed by atoms with Crippen LogP contribution in [0.5, 0.6) is 0 Å². The number of hydrogen-bond donors (Lipinski definition) is 0. The Morgan fingerprint density at radius 2 is 2.20 bits per heavy atom. The molecule has 0 N–H and O–H groups in total. The van der Waals surface area contributed by atoms with E-state index in [2.05, 4.69) is 18.1 Å². The van der Waals surface area contributed by atoms with Crippen molar-refractivity contribution < 1.29 is 0 Å². The molecule has 1 heterocycles. The van der Waals surface area contributed by atoms with E-state index in [9.17, 15) is 0 Å². The van der Waals surface area contributed by atoms with Crippen LogP contribution in [0.1, 0.15) is 16.8 Å². The van der Waals surface area contributed by atoms with Crippen LogP contribution in [0.25, 0.3) is 0 Å². The highest BCUT2D eigenvalue weighted by Gasteiger charge is 2.04. The summed E-state index contributed by atoms with van der Waals surface area (Å²) in [5, 5.41) is 5.19. The molecule has 1 aromatic heterocycles. The smallest absolute Gasteiger partial charge is 0.0697 e. The minimum atomic E-state index is 0.779. The molecule has 0 unspecified atom stereocenters. The Morgan fingerprint density at radius 3 is 2.80 bits per heavy atom. The van der Waals surface area contributed by atoms with Crippen molar-refractivity contribution in [2.24, 2.45) is 7.05 Å². The highest BCUT2D eigenvalue weighted by atomic mass is 35.5. The van der Waals surface area contributed by atoms with Crippen molar-refractivity contribution in [1.29, 1.82) is 0 Å². The van der Waals surface area contributed by atoms with E-state index in [0.29, 0.717) is 0 Å². The Hall–Kier alpha value is -1.28. The summed E-state index contributed by atoms with van der Waals surface area (Å²) in [6, 6.07) is 7.90. The Morgan fingerprint density at radius 1 is 1.40 bits per heavy atom. The lowest BCUT2D eigenvalue weighted by atomic mass is 10.1. The number of aryl methyl sites for hydroxylation is 2. The van der Waals surface area contributed by atoms with E-state index in [4.69, 9.17) is 11.6 Å². The fourth-order valence-corrected chi connectivity index (χ4v) is 1.88. The highest BCUT2D eigenvalue weighted by Crippen LogP contribution is 2.15. The van der Waals surface area contributed by atoms with Gasteiger partial charge >= 0.3 is 0 Å². The number of hydrogen-bond acceptors (Lipinski definition) is 1. The summed E-state index contributed by atoms with van der Waals surface area (Å²) < 4.78 is 1.84.